The molecule has 0 fully saturated rings. The van der Waals surface area contributed by atoms with E-state index in [1.807, 2.05) is 54.6 Å². The van der Waals surface area contributed by atoms with E-state index in [4.69, 9.17) is 4.74 Å². The molecule has 1 aromatic heterocycles. The third-order valence-corrected chi connectivity index (χ3v) is 3.18. The van der Waals surface area contributed by atoms with Crippen molar-refractivity contribution < 1.29 is 4.74 Å². The first-order chi connectivity index (χ1) is 10.9. The number of ether oxygens (including phenoxy) is 1. The molecule has 106 valence electrons. The summed E-state index contributed by atoms with van der Waals surface area (Å²) in [5, 5.41) is 9.19. The normalized spacial score (nSPS) is 9.95. The fourth-order valence-electron chi connectivity index (χ4n) is 2.14. The Kier molecular flexibility index (Phi) is 4.08. The van der Waals surface area contributed by atoms with Crippen molar-refractivity contribution in [1.29, 1.82) is 5.26 Å². The van der Waals surface area contributed by atoms with Crippen molar-refractivity contribution in [3.63, 3.8) is 0 Å². The summed E-state index contributed by atoms with van der Waals surface area (Å²) in [7, 11) is 0. The topological polar surface area (TPSA) is 58.8 Å². The van der Waals surface area contributed by atoms with Gasteiger partial charge < -0.3 is 4.74 Å². The Bertz CT molecular complexity index is 810. The van der Waals surface area contributed by atoms with Crippen LogP contribution in [0, 0.1) is 11.3 Å². The molecule has 1 heterocycles. The lowest BCUT2D eigenvalue weighted by atomic mass is 10.1. The smallest absolute Gasteiger partial charge is 0.166 e. The monoisotopic (exact) mass is 287 g/mol. The number of nitriles is 1. The van der Waals surface area contributed by atoms with Crippen molar-refractivity contribution in [2.24, 2.45) is 0 Å². The SMILES string of the molecule is N#Cc1nccnc1-c1ccccc1OCc1ccccc1. The minimum absolute atomic E-state index is 0.290. The molecule has 3 rings (SSSR count). The lowest BCUT2D eigenvalue weighted by molar-refractivity contribution is 0.307. The molecule has 22 heavy (non-hydrogen) atoms. The Morgan fingerprint density at radius 2 is 1.64 bits per heavy atom. The van der Waals surface area contributed by atoms with Crippen LogP contribution in [-0.4, -0.2) is 9.97 Å². The molecule has 0 unspecified atom stereocenters. The summed E-state index contributed by atoms with van der Waals surface area (Å²) in [5.41, 5.74) is 2.67. The van der Waals surface area contributed by atoms with Gasteiger partial charge in [0.15, 0.2) is 5.69 Å². The summed E-state index contributed by atoms with van der Waals surface area (Å²) in [6, 6.07) is 19.5. The standard InChI is InChI=1S/C18H13N3O/c19-12-16-18(21-11-10-20-16)15-8-4-5-9-17(15)22-13-14-6-2-1-3-7-14/h1-11H,13H2. The van der Waals surface area contributed by atoms with Gasteiger partial charge in [-0.1, -0.05) is 42.5 Å². The highest BCUT2D eigenvalue weighted by atomic mass is 16.5. The number of para-hydroxylation sites is 1. The first-order valence-electron chi connectivity index (χ1n) is 6.85. The van der Waals surface area contributed by atoms with Gasteiger partial charge in [0.2, 0.25) is 0 Å². The number of rotatable bonds is 4. The molecule has 4 heteroatoms. The molecule has 0 N–H and O–H groups in total. The Labute approximate surface area is 128 Å². The van der Waals surface area contributed by atoms with Gasteiger partial charge in [-0.15, -0.1) is 0 Å². The molecular weight excluding hydrogens is 274 g/mol. The average molecular weight is 287 g/mol. The summed E-state index contributed by atoms with van der Waals surface area (Å²) in [6.07, 6.45) is 3.08. The molecule has 0 amide bonds. The maximum atomic E-state index is 9.19. The molecule has 2 aromatic carbocycles. The molecule has 0 radical (unpaired) electrons. The predicted molar refractivity (Wildman–Crippen MR) is 83.0 cm³/mol. The molecule has 0 saturated carbocycles. The molecule has 0 atom stereocenters. The first kappa shape index (κ1) is 13.8. The van der Waals surface area contributed by atoms with Crippen molar-refractivity contribution >= 4 is 0 Å². The van der Waals surface area contributed by atoms with E-state index in [0.29, 0.717) is 23.7 Å². The van der Waals surface area contributed by atoms with Gasteiger partial charge in [-0.3, -0.25) is 4.98 Å². The average Bonchev–Trinajstić information content (AvgIpc) is 2.61. The predicted octanol–water partition coefficient (Wildman–Crippen LogP) is 3.59. The van der Waals surface area contributed by atoms with Crippen LogP contribution in [0.5, 0.6) is 5.75 Å². The fraction of sp³-hybridized carbons (Fsp3) is 0.0556. The van der Waals surface area contributed by atoms with Crippen molar-refractivity contribution in [2.75, 3.05) is 0 Å². The fourth-order valence-corrected chi connectivity index (χ4v) is 2.14. The summed E-state index contributed by atoms with van der Waals surface area (Å²) >= 11 is 0. The van der Waals surface area contributed by atoms with E-state index in [2.05, 4.69) is 16.0 Å². The quantitative estimate of drug-likeness (QED) is 0.735. The maximum absolute atomic E-state index is 9.19. The van der Waals surface area contributed by atoms with Crippen molar-refractivity contribution in [3.05, 3.63) is 78.2 Å². The lowest BCUT2D eigenvalue weighted by Crippen LogP contribution is -1.99. The van der Waals surface area contributed by atoms with Crippen molar-refractivity contribution in [1.82, 2.24) is 9.97 Å². The summed E-state index contributed by atoms with van der Waals surface area (Å²) in [6.45, 7) is 0.458. The molecule has 0 bridgehead atoms. The van der Waals surface area contributed by atoms with Gasteiger partial charge in [0.25, 0.3) is 0 Å². The highest BCUT2D eigenvalue weighted by Crippen LogP contribution is 2.30. The number of hydrogen-bond donors (Lipinski definition) is 0. The van der Waals surface area contributed by atoms with E-state index in [0.717, 1.165) is 11.1 Å². The summed E-state index contributed by atoms with van der Waals surface area (Å²) in [5.74, 6) is 0.684. The van der Waals surface area contributed by atoms with Crippen LogP contribution >= 0.6 is 0 Å². The second kappa shape index (κ2) is 6.51. The van der Waals surface area contributed by atoms with Crippen LogP contribution in [0.25, 0.3) is 11.3 Å². The Balaban J connectivity index is 1.92. The molecular formula is C18H13N3O. The minimum atomic E-state index is 0.290. The van der Waals surface area contributed by atoms with Crippen LogP contribution in [0.4, 0.5) is 0 Å². The molecule has 4 nitrogen and oxygen atoms in total. The van der Waals surface area contributed by atoms with Crippen LogP contribution in [0.3, 0.4) is 0 Å². The number of aromatic nitrogens is 2. The van der Waals surface area contributed by atoms with Crippen LogP contribution in [0.2, 0.25) is 0 Å². The van der Waals surface area contributed by atoms with Gasteiger partial charge in [0, 0.05) is 18.0 Å². The highest BCUT2D eigenvalue weighted by molar-refractivity contribution is 5.70. The zero-order valence-corrected chi connectivity index (χ0v) is 11.8. The van der Waals surface area contributed by atoms with E-state index < -0.39 is 0 Å². The second-order valence-corrected chi connectivity index (χ2v) is 4.64. The molecule has 0 aliphatic heterocycles. The van der Waals surface area contributed by atoms with Crippen LogP contribution in [0.15, 0.2) is 67.0 Å². The van der Waals surface area contributed by atoms with Gasteiger partial charge in [0.1, 0.15) is 24.1 Å². The van der Waals surface area contributed by atoms with E-state index >= 15 is 0 Å². The Morgan fingerprint density at radius 3 is 2.45 bits per heavy atom. The zero-order valence-electron chi connectivity index (χ0n) is 11.8. The van der Waals surface area contributed by atoms with Gasteiger partial charge >= 0.3 is 0 Å². The van der Waals surface area contributed by atoms with Crippen LogP contribution in [0.1, 0.15) is 11.3 Å². The van der Waals surface area contributed by atoms with Gasteiger partial charge in [-0.2, -0.15) is 5.26 Å². The number of hydrogen-bond acceptors (Lipinski definition) is 4. The zero-order chi connectivity index (χ0) is 15.2. The van der Waals surface area contributed by atoms with Crippen molar-refractivity contribution in [2.45, 2.75) is 6.61 Å². The summed E-state index contributed by atoms with van der Waals surface area (Å²) in [4.78, 5) is 8.32. The van der Waals surface area contributed by atoms with Crippen LogP contribution in [-0.2, 0) is 6.61 Å². The number of nitrogens with zero attached hydrogens (tertiary/aromatic N) is 3. The molecule has 3 aromatic rings. The minimum Gasteiger partial charge on any atom is -0.488 e. The van der Waals surface area contributed by atoms with E-state index in [1.54, 1.807) is 6.20 Å². The van der Waals surface area contributed by atoms with Gasteiger partial charge in [0.05, 0.1) is 0 Å². The Hall–Kier alpha value is -3.19. The van der Waals surface area contributed by atoms with E-state index in [9.17, 15) is 5.26 Å². The van der Waals surface area contributed by atoms with Crippen LogP contribution < -0.4 is 4.74 Å². The van der Waals surface area contributed by atoms with Gasteiger partial charge in [-0.05, 0) is 17.7 Å². The summed E-state index contributed by atoms with van der Waals surface area (Å²) < 4.78 is 5.90. The third-order valence-electron chi connectivity index (χ3n) is 3.18. The molecule has 0 spiro atoms. The first-order valence-corrected chi connectivity index (χ1v) is 6.85. The molecule has 0 saturated heterocycles. The molecule has 0 aliphatic carbocycles. The lowest BCUT2D eigenvalue weighted by Gasteiger charge is -2.11. The Morgan fingerprint density at radius 1 is 0.909 bits per heavy atom. The van der Waals surface area contributed by atoms with E-state index in [-0.39, 0.29) is 0 Å². The maximum Gasteiger partial charge on any atom is 0.166 e. The highest BCUT2D eigenvalue weighted by Gasteiger charge is 2.12. The van der Waals surface area contributed by atoms with Gasteiger partial charge in [-0.25, -0.2) is 4.98 Å². The van der Waals surface area contributed by atoms with E-state index in [1.165, 1.54) is 6.20 Å². The molecule has 0 aliphatic rings. The largest absolute Gasteiger partial charge is 0.488 e. The number of benzene rings is 2. The van der Waals surface area contributed by atoms with Crippen molar-refractivity contribution in [3.8, 4) is 23.1 Å². The third kappa shape index (κ3) is 2.94. The second-order valence-electron chi connectivity index (χ2n) is 4.64.